The molecule has 0 spiro atoms. The first-order valence-electron chi connectivity index (χ1n) is 40.5. The molecule has 1 saturated carbocycles. The highest BCUT2D eigenvalue weighted by molar-refractivity contribution is 5.92. The van der Waals surface area contributed by atoms with Crippen LogP contribution in [0, 0.1) is 20.2 Å². The van der Waals surface area contributed by atoms with Crippen LogP contribution in [-0.2, 0) is 75.5 Å². The number of carbonyl (C=O) groups is 6. The molecule has 36 heteroatoms. The lowest BCUT2D eigenvalue weighted by Crippen LogP contribution is -2.39. The zero-order valence-electron chi connectivity index (χ0n) is 71.4. The van der Waals surface area contributed by atoms with Crippen LogP contribution in [0.2, 0.25) is 0 Å². The molecule has 36 nitrogen and oxygen atoms in total. The normalized spacial score (nSPS) is 12.3. The summed E-state index contributed by atoms with van der Waals surface area (Å²) in [5.74, 6) is -0.0440. The van der Waals surface area contributed by atoms with E-state index < -0.39 is 62.8 Å². The van der Waals surface area contributed by atoms with Gasteiger partial charge in [-0.15, -0.1) is 0 Å². The predicted octanol–water partition coefficient (Wildman–Crippen LogP) is 17.1. The maximum atomic E-state index is 13.7. The number of fused-ring (bicyclic) bond motifs is 3. The van der Waals surface area contributed by atoms with Crippen molar-refractivity contribution in [2.75, 3.05) is 59.6 Å². The number of non-ortho nitro benzene ring substituents is 2. The molecule has 11 rings (SSSR count). The molecule has 1 aliphatic carbocycles. The van der Waals surface area contributed by atoms with Crippen LogP contribution >= 0.6 is 0 Å². The maximum Gasteiger partial charge on any atom is 0.417 e. The van der Waals surface area contributed by atoms with Gasteiger partial charge in [-0.3, -0.25) is 34.6 Å². The smallest absolute Gasteiger partial charge is 0.417 e. The molecule has 1 fully saturated rings. The van der Waals surface area contributed by atoms with Gasteiger partial charge in [-0.25, -0.2) is 44.0 Å². The molecule has 0 radical (unpaired) electrons. The lowest BCUT2D eigenvalue weighted by atomic mass is 9.84. The van der Waals surface area contributed by atoms with Crippen molar-refractivity contribution in [1.29, 1.82) is 0 Å². The number of benzene rings is 4. The summed E-state index contributed by atoms with van der Waals surface area (Å²) in [5.41, 5.74) is 2.35. The van der Waals surface area contributed by atoms with Crippen LogP contribution in [0.1, 0.15) is 190 Å². The summed E-state index contributed by atoms with van der Waals surface area (Å²) < 4.78 is 48.8. The maximum absolute atomic E-state index is 13.7. The van der Waals surface area contributed by atoms with Gasteiger partial charge in [0.2, 0.25) is 17.8 Å². The molecule has 1 aliphatic rings. The van der Waals surface area contributed by atoms with Crippen LogP contribution in [0.3, 0.4) is 0 Å². The van der Waals surface area contributed by atoms with Gasteiger partial charge in [0.15, 0.2) is 39.3 Å². The Kier molecular flexibility index (Phi) is 32.3. The second-order valence-corrected chi connectivity index (χ2v) is 31.4. The number of nitro benzene ring substituents is 2. The predicted molar refractivity (Wildman–Crippen MR) is 452 cm³/mol. The molecular formula is C85H108N18O18. The number of hydrogen-bond acceptors (Lipinski definition) is 28. The number of imidazole rings is 3. The van der Waals surface area contributed by atoms with E-state index in [-0.39, 0.29) is 127 Å². The molecule has 0 N–H and O–H groups in total. The van der Waals surface area contributed by atoms with E-state index in [4.69, 9.17) is 47.9 Å². The average Bonchev–Trinajstić information content (AvgIpc) is 1.63. The number of nitro groups is 2. The van der Waals surface area contributed by atoms with Crippen LogP contribution in [0.15, 0.2) is 122 Å². The summed E-state index contributed by atoms with van der Waals surface area (Å²) in [6, 6.07) is 29.4. The van der Waals surface area contributed by atoms with Gasteiger partial charge in [0, 0.05) is 38.8 Å². The molecule has 0 aliphatic heterocycles. The van der Waals surface area contributed by atoms with Gasteiger partial charge in [-0.1, -0.05) is 126 Å². The van der Waals surface area contributed by atoms with Crippen LogP contribution in [-0.4, -0.2) is 161 Å². The van der Waals surface area contributed by atoms with Crippen LogP contribution in [0.5, 0.6) is 23.3 Å². The van der Waals surface area contributed by atoms with Crippen molar-refractivity contribution < 1.29 is 76.5 Å². The number of carbonyl (C=O) groups excluding carboxylic acids is 6. The number of amides is 3. The first-order chi connectivity index (χ1) is 57.6. The van der Waals surface area contributed by atoms with Gasteiger partial charge in [0.05, 0.1) is 67.3 Å². The van der Waals surface area contributed by atoms with Crippen molar-refractivity contribution in [3.63, 3.8) is 0 Å². The van der Waals surface area contributed by atoms with E-state index in [0.717, 1.165) is 43.2 Å². The highest BCUT2D eigenvalue weighted by Crippen LogP contribution is 2.37. The SMILES string of the molecule is CCCCCN(C(=O)OC(C)(C)C)c1nc(N(C)Cc2ccccc2)c2ncn(CC(=O)OCC)c2n1.CCCCCN(C(=O)OC(C)(C)C)c1nc(Oc2cccc([N+](=O)[O-])c2)c2ncn(CC(=O)OCC)c2n1.CCOC(=O)Cn1cnc2c(Oc3cccc([N+](=O)[O-])c3)nc(N(Cc3ccc(C4CCCCC4)cc3)C(=O)OC(C)(C)C)nc21. The number of esters is 3. The Morgan fingerprint density at radius 3 is 1.25 bits per heavy atom. The van der Waals surface area contributed by atoms with E-state index >= 15 is 0 Å². The second-order valence-electron chi connectivity index (χ2n) is 31.4. The molecule has 6 aromatic heterocycles. The highest BCUT2D eigenvalue weighted by Gasteiger charge is 2.33. The van der Waals surface area contributed by atoms with Gasteiger partial charge < -0.3 is 56.5 Å². The molecule has 121 heavy (non-hydrogen) atoms. The van der Waals surface area contributed by atoms with Gasteiger partial charge in [0.1, 0.15) is 47.9 Å². The lowest BCUT2D eigenvalue weighted by Gasteiger charge is -2.27. The number of hydrogen-bond donors (Lipinski definition) is 0. The quantitative estimate of drug-likeness (QED) is 0.0124. The average molecular weight is 1670 g/mol. The molecule has 3 amide bonds. The Morgan fingerprint density at radius 1 is 0.455 bits per heavy atom. The minimum atomic E-state index is -0.821. The Hall–Kier alpha value is -13.1. The summed E-state index contributed by atoms with van der Waals surface area (Å²) in [7, 11) is 1.91. The molecular weight excluding hydrogens is 1560 g/mol. The van der Waals surface area contributed by atoms with E-state index in [1.54, 1.807) is 73.2 Å². The largest absolute Gasteiger partial charge is 0.465 e. The summed E-state index contributed by atoms with van der Waals surface area (Å²) in [5, 5.41) is 22.6. The minimum absolute atomic E-state index is 0.0195. The molecule has 0 saturated heterocycles. The fourth-order valence-corrected chi connectivity index (χ4v) is 12.6. The molecule has 0 bridgehead atoms. The topological polar surface area (TPSA) is 406 Å². The lowest BCUT2D eigenvalue weighted by molar-refractivity contribution is -0.385. The molecule has 4 aromatic carbocycles. The Labute approximate surface area is 701 Å². The number of rotatable bonds is 32. The third-order valence-electron chi connectivity index (χ3n) is 18.1. The number of aromatic nitrogens is 12. The van der Waals surface area contributed by atoms with Gasteiger partial charge in [-0.05, 0) is 144 Å². The summed E-state index contributed by atoms with van der Waals surface area (Å²) in [4.78, 5) is 146. The zero-order valence-corrected chi connectivity index (χ0v) is 71.4. The molecule has 10 aromatic rings. The van der Waals surface area contributed by atoms with E-state index in [2.05, 4.69) is 53.9 Å². The standard InChI is InChI=1S/C33H38N6O7.C27H38N6O4.C25H32N6O7/c1-5-44-27(40)20-37-21-34-28-29(37)35-31(36-30(28)45-26-13-9-12-25(18-26)39(42)43)38(32(41)46-33(2,3)4)19-22-14-16-24(17-15-22)23-10-7-6-8-11-23;1-7-9-13-16-33(26(35)37-27(3,4)5)25-29-23(31(6)17-20-14-11-10-12-15-20)22-24(30-25)32(19-28-22)18-21(34)36-8-2;1-6-8-9-13-30(24(33)38-25(3,4)5)23-27-21-20(26-16-29(21)15-19(32)36-7-2)22(28-23)37-18-12-10-11-17(14-18)31(34)35/h9,12-18,21,23H,5-8,10-11,19-20H2,1-4H3;10-12,14-15,19H,7-9,13,16-18H2,1-6H3;10-12,14,16H,6-9,13,15H2,1-5H3. The van der Waals surface area contributed by atoms with Crippen LogP contribution in [0.25, 0.3) is 33.5 Å². The van der Waals surface area contributed by atoms with Crippen LogP contribution in [0.4, 0.5) is 49.4 Å². The highest BCUT2D eigenvalue weighted by atomic mass is 16.6. The van der Waals surface area contributed by atoms with Crippen LogP contribution < -0.4 is 29.1 Å². The van der Waals surface area contributed by atoms with Crippen molar-refractivity contribution in [3.8, 4) is 23.3 Å². The summed E-state index contributed by atoms with van der Waals surface area (Å²) >= 11 is 0. The van der Waals surface area contributed by atoms with Crippen molar-refractivity contribution in [1.82, 2.24) is 58.6 Å². The Balaban J connectivity index is 0.000000208. The number of unbranched alkanes of at least 4 members (excludes halogenated alkanes) is 4. The second kappa shape index (κ2) is 42.6. The molecule has 6 heterocycles. The number of nitrogens with zero attached hydrogens (tertiary/aromatic N) is 18. The zero-order chi connectivity index (χ0) is 87.7. The van der Waals surface area contributed by atoms with E-state index in [1.165, 1.54) is 123 Å². The molecule has 0 atom stereocenters. The number of anilines is 4. The molecule has 0 unspecified atom stereocenters. The Morgan fingerprint density at radius 2 is 0.843 bits per heavy atom. The summed E-state index contributed by atoms with van der Waals surface area (Å²) in [6.07, 6.45) is 13.7. The monoisotopic (exact) mass is 1670 g/mol. The van der Waals surface area contributed by atoms with E-state index in [1.807, 2.05) is 82.1 Å². The van der Waals surface area contributed by atoms with E-state index in [0.29, 0.717) is 42.4 Å². The van der Waals surface area contributed by atoms with Gasteiger partial charge in [0.25, 0.3) is 23.1 Å². The van der Waals surface area contributed by atoms with Crippen molar-refractivity contribution in [3.05, 3.63) is 159 Å². The first kappa shape index (κ1) is 91.8. The van der Waals surface area contributed by atoms with Crippen molar-refractivity contribution >= 4 is 105 Å². The third kappa shape index (κ3) is 26.7. The fourth-order valence-electron chi connectivity index (χ4n) is 12.6. The summed E-state index contributed by atoms with van der Waals surface area (Å²) in [6.45, 7) is 26.9. The first-order valence-corrected chi connectivity index (χ1v) is 40.5. The Bertz CT molecular complexity index is 5210. The van der Waals surface area contributed by atoms with Crippen molar-refractivity contribution in [2.45, 2.75) is 223 Å². The minimum Gasteiger partial charge on any atom is -0.465 e. The van der Waals surface area contributed by atoms with Crippen molar-refractivity contribution in [2.24, 2.45) is 0 Å². The fraction of sp³-hybridized carbons (Fsp3) is 0.471. The van der Waals surface area contributed by atoms with Gasteiger partial charge in [-0.2, -0.15) is 29.9 Å². The van der Waals surface area contributed by atoms with Gasteiger partial charge >= 0.3 is 36.2 Å². The third-order valence-corrected chi connectivity index (χ3v) is 18.1. The molecule has 646 valence electrons. The van der Waals surface area contributed by atoms with E-state index in [9.17, 15) is 49.0 Å². The number of ether oxygens (including phenoxy) is 8.